The van der Waals surface area contributed by atoms with Crippen LogP contribution >= 0.6 is 11.6 Å². The molecule has 0 atom stereocenters. The third-order valence-electron chi connectivity index (χ3n) is 3.11. The van der Waals surface area contributed by atoms with E-state index in [2.05, 4.69) is 6.07 Å². The summed E-state index contributed by atoms with van der Waals surface area (Å²) < 4.78 is 13.7. The monoisotopic (exact) mass is 288 g/mol. The second kappa shape index (κ2) is 6.40. The number of hydrogen-bond donors (Lipinski definition) is 0. The second-order valence-electron chi connectivity index (χ2n) is 4.54. The van der Waals surface area contributed by atoms with Gasteiger partial charge in [0, 0.05) is 24.8 Å². The number of anilines is 1. The quantitative estimate of drug-likeness (QED) is 0.793. The highest BCUT2D eigenvalue weighted by Gasteiger charge is 2.11. The molecule has 2 aromatic rings. The Morgan fingerprint density at radius 3 is 2.70 bits per heavy atom. The number of benzene rings is 2. The molecule has 0 unspecified atom stereocenters. The van der Waals surface area contributed by atoms with Gasteiger partial charge in [-0.05, 0) is 29.8 Å². The van der Waals surface area contributed by atoms with Crippen molar-refractivity contribution in [3.63, 3.8) is 0 Å². The SMILES string of the molecule is CN(Cc1cccc(C#N)c1)c1cccc(F)c1CCl. The van der Waals surface area contributed by atoms with Crippen molar-refractivity contribution in [3.8, 4) is 6.07 Å². The van der Waals surface area contributed by atoms with E-state index in [0.717, 1.165) is 11.3 Å². The summed E-state index contributed by atoms with van der Waals surface area (Å²) in [6.45, 7) is 0.586. The number of alkyl halides is 1. The van der Waals surface area contributed by atoms with E-state index in [4.69, 9.17) is 16.9 Å². The predicted octanol–water partition coefficient (Wildman–Crippen LogP) is 4.07. The Morgan fingerprint density at radius 1 is 1.25 bits per heavy atom. The predicted molar refractivity (Wildman–Crippen MR) is 79.2 cm³/mol. The largest absolute Gasteiger partial charge is 0.370 e. The van der Waals surface area contributed by atoms with Crippen LogP contribution in [0.4, 0.5) is 10.1 Å². The van der Waals surface area contributed by atoms with Gasteiger partial charge in [0.1, 0.15) is 5.82 Å². The van der Waals surface area contributed by atoms with Gasteiger partial charge in [0.2, 0.25) is 0 Å². The van der Waals surface area contributed by atoms with Gasteiger partial charge in [-0.15, -0.1) is 11.6 Å². The van der Waals surface area contributed by atoms with Crippen molar-refractivity contribution in [2.45, 2.75) is 12.4 Å². The fourth-order valence-corrected chi connectivity index (χ4v) is 2.40. The van der Waals surface area contributed by atoms with Crippen LogP contribution in [0.15, 0.2) is 42.5 Å². The molecule has 0 radical (unpaired) electrons. The van der Waals surface area contributed by atoms with Crippen LogP contribution in [0.3, 0.4) is 0 Å². The van der Waals surface area contributed by atoms with E-state index in [1.54, 1.807) is 12.1 Å². The molecule has 0 amide bonds. The Labute approximate surface area is 123 Å². The van der Waals surface area contributed by atoms with Crippen LogP contribution in [0.25, 0.3) is 0 Å². The minimum atomic E-state index is -0.296. The van der Waals surface area contributed by atoms with Crippen molar-refractivity contribution in [2.24, 2.45) is 0 Å². The van der Waals surface area contributed by atoms with Gasteiger partial charge in [-0.25, -0.2) is 4.39 Å². The Hall–Kier alpha value is -2.05. The lowest BCUT2D eigenvalue weighted by molar-refractivity contribution is 0.616. The van der Waals surface area contributed by atoms with E-state index in [9.17, 15) is 4.39 Å². The van der Waals surface area contributed by atoms with Gasteiger partial charge < -0.3 is 4.90 Å². The van der Waals surface area contributed by atoms with E-state index >= 15 is 0 Å². The number of rotatable bonds is 4. The van der Waals surface area contributed by atoms with E-state index in [-0.39, 0.29) is 11.7 Å². The Balaban J connectivity index is 2.26. The number of halogens is 2. The Bertz CT molecular complexity index is 649. The summed E-state index contributed by atoms with van der Waals surface area (Å²) in [6, 6.07) is 14.4. The highest BCUT2D eigenvalue weighted by molar-refractivity contribution is 6.17. The number of nitrogens with zero attached hydrogens (tertiary/aromatic N) is 2. The van der Waals surface area contributed by atoms with E-state index in [1.807, 2.05) is 36.2 Å². The normalized spacial score (nSPS) is 10.1. The summed E-state index contributed by atoms with van der Waals surface area (Å²) in [5, 5.41) is 8.90. The standard InChI is InChI=1S/C16H14ClFN2/c1-20(11-13-5-2-4-12(8-13)10-19)16-7-3-6-15(18)14(16)9-17/h2-8H,9,11H2,1H3. The van der Waals surface area contributed by atoms with Crippen molar-refractivity contribution in [1.29, 1.82) is 5.26 Å². The maximum absolute atomic E-state index is 13.7. The molecule has 0 aliphatic heterocycles. The van der Waals surface area contributed by atoms with E-state index in [1.165, 1.54) is 6.07 Å². The summed E-state index contributed by atoms with van der Waals surface area (Å²) in [7, 11) is 1.88. The summed E-state index contributed by atoms with van der Waals surface area (Å²) in [5.41, 5.74) is 2.87. The van der Waals surface area contributed by atoms with Crippen LogP contribution in [0.5, 0.6) is 0 Å². The summed E-state index contributed by atoms with van der Waals surface area (Å²) >= 11 is 5.82. The summed E-state index contributed by atoms with van der Waals surface area (Å²) in [6.07, 6.45) is 0. The van der Waals surface area contributed by atoms with Crippen LogP contribution in [0.1, 0.15) is 16.7 Å². The Kier molecular flexibility index (Phi) is 4.60. The third-order valence-corrected chi connectivity index (χ3v) is 3.38. The molecule has 0 aliphatic rings. The molecule has 0 N–H and O–H groups in total. The minimum Gasteiger partial charge on any atom is -0.370 e. The summed E-state index contributed by atoms with van der Waals surface area (Å²) in [4.78, 5) is 1.93. The average Bonchev–Trinajstić information content (AvgIpc) is 2.47. The molecule has 0 spiro atoms. The third kappa shape index (κ3) is 3.09. The molecule has 2 nitrogen and oxygen atoms in total. The molecule has 0 aromatic heterocycles. The first-order valence-corrected chi connectivity index (χ1v) is 6.72. The molecule has 0 aliphatic carbocycles. The fourth-order valence-electron chi connectivity index (χ4n) is 2.14. The van der Waals surface area contributed by atoms with Crippen LogP contribution in [0.2, 0.25) is 0 Å². The van der Waals surface area contributed by atoms with Crippen molar-refractivity contribution in [1.82, 2.24) is 0 Å². The maximum Gasteiger partial charge on any atom is 0.129 e. The topological polar surface area (TPSA) is 27.0 Å². The van der Waals surface area contributed by atoms with E-state index in [0.29, 0.717) is 17.7 Å². The molecule has 0 heterocycles. The van der Waals surface area contributed by atoms with Gasteiger partial charge >= 0.3 is 0 Å². The summed E-state index contributed by atoms with van der Waals surface area (Å²) in [5.74, 6) is -0.167. The lowest BCUT2D eigenvalue weighted by atomic mass is 10.1. The van der Waals surface area contributed by atoms with Gasteiger partial charge in [0.05, 0.1) is 17.5 Å². The van der Waals surface area contributed by atoms with Gasteiger partial charge in [-0.2, -0.15) is 5.26 Å². The molecule has 2 aromatic carbocycles. The zero-order valence-corrected chi connectivity index (χ0v) is 11.9. The molecule has 2 rings (SSSR count). The first-order valence-electron chi connectivity index (χ1n) is 6.19. The van der Waals surface area contributed by atoms with Crippen LogP contribution in [0, 0.1) is 17.1 Å². The molecule has 4 heteroatoms. The van der Waals surface area contributed by atoms with Gasteiger partial charge in [-0.1, -0.05) is 18.2 Å². The van der Waals surface area contributed by atoms with Crippen LogP contribution in [-0.4, -0.2) is 7.05 Å². The zero-order chi connectivity index (χ0) is 14.5. The van der Waals surface area contributed by atoms with Crippen LogP contribution < -0.4 is 4.90 Å². The minimum absolute atomic E-state index is 0.130. The highest BCUT2D eigenvalue weighted by atomic mass is 35.5. The van der Waals surface area contributed by atoms with E-state index < -0.39 is 0 Å². The molecule has 20 heavy (non-hydrogen) atoms. The fraction of sp³-hybridized carbons (Fsp3) is 0.188. The van der Waals surface area contributed by atoms with Crippen molar-refractivity contribution in [3.05, 3.63) is 65.0 Å². The molecular weight excluding hydrogens is 275 g/mol. The molecule has 0 fully saturated rings. The van der Waals surface area contributed by atoms with Gasteiger partial charge in [-0.3, -0.25) is 0 Å². The Morgan fingerprint density at radius 2 is 2.00 bits per heavy atom. The van der Waals surface area contributed by atoms with Crippen molar-refractivity contribution >= 4 is 17.3 Å². The smallest absolute Gasteiger partial charge is 0.129 e. The number of nitriles is 1. The van der Waals surface area contributed by atoms with Gasteiger partial charge in [0.25, 0.3) is 0 Å². The molecular formula is C16H14ClFN2. The van der Waals surface area contributed by atoms with Gasteiger partial charge in [0.15, 0.2) is 0 Å². The molecule has 102 valence electrons. The first-order chi connectivity index (χ1) is 9.65. The highest BCUT2D eigenvalue weighted by Crippen LogP contribution is 2.25. The van der Waals surface area contributed by atoms with Crippen molar-refractivity contribution in [2.75, 3.05) is 11.9 Å². The molecule has 0 saturated heterocycles. The molecule has 0 saturated carbocycles. The number of hydrogen-bond acceptors (Lipinski definition) is 2. The second-order valence-corrected chi connectivity index (χ2v) is 4.81. The first kappa shape index (κ1) is 14.4. The van der Waals surface area contributed by atoms with Crippen molar-refractivity contribution < 1.29 is 4.39 Å². The lowest BCUT2D eigenvalue weighted by Gasteiger charge is -2.22. The van der Waals surface area contributed by atoms with Crippen LogP contribution in [-0.2, 0) is 12.4 Å². The zero-order valence-electron chi connectivity index (χ0n) is 11.1. The molecule has 0 bridgehead atoms. The average molecular weight is 289 g/mol. The lowest BCUT2D eigenvalue weighted by Crippen LogP contribution is -2.18. The maximum atomic E-state index is 13.7.